The molecule has 0 aromatic rings. The van der Waals surface area contributed by atoms with E-state index in [1.165, 1.54) is 0 Å². The summed E-state index contributed by atoms with van der Waals surface area (Å²) in [7, 11) is 0. The van der Waals surface area contributed by atoms with Crippen LogP contribution in [0.25, 0.3) is 0 Å². The summed E-state index contributed by atoms with van der Waals surface area (Å²) in [4.78, 5) is 34.6. The van der Waals surface area contributed by atoms with Crippen molar-refractivity contribution in [3.8, 4) is 0 Å². The van der Waals surface area contributed by atoms with Crippen molar-refractivity contribution in [1.82, 2.24) is 10.6 Å². The van der Waals surface area contributed by atoms with Crippen LogP contribution in [0.3, 0.4) is 0 Å². The van der Waals surface area contributed by atoms with Crippen LogP contribution in [0.5, 0.6) is 0 Å². The molecule has 0 spiro atoms. The second kappa shape index (κ2) is 17.6. The van der Waals surface area contributed by atoms with Crippen molar-refractivity contribution < 1.29 is 23.9 Å². The first-order valence-electron chi connectivity index (χ1n) is 10.5. The minimum Gasteiger partial charge on any atom is -0.377 e. The number of ketones is 1. The molecular formula is C21H40N2O5. The Morgan fingerprint density at radius 2 is 1.43 bits per heavy atom. The highest BCUT2D eigenvalue weighted by molar-refractivity contribution is 5.80. The second-order valence-electron chi connectivity index (χ2n) is 7.73. The van der Waals surface area contributed by atoms with E-state index in [9.17, 15) is 14.4 Å². The van der Waals surface area contributed by atoms with E-state index in [4.69, 9.17) is 9.47 Å². The van der Waals surface area contributed by atoms with E-state index in [0.717, 1.165) is 19.3 Å². The van der Waals surface area contributed by atoms with Gasteiger partial charge in [-0.15, -0.1) is 0 Å². The van der Waals surface area contributed by atoms with Gasteiger partial charge < -0.3 is 20.1 Å². The summed E-state index contributed by atoms with van der Waals surface area (Å²) >= 11 is 0. The molecule has 0 atom stereocenters. The van der Waals surface area contributed by atoms with Gasteiger partial charge in [0.2, 0.25) is 11.8 Å². The third kappa shape index (κ3) is 17.9. The van der Waals surface area contributed by atoms with Gasteiger partial charge in [0.1, 0.15) is 12.4 Å². The van der Waals surface area contributed by atoms with Crippen LogP contribution in [-0.2, 0) is 23.9 Å². The van der Waals surface area contributed by atoms with Gasteiger partial charge in [-0.25, -0.2) is 0 Å². The van der Waals surface area contributed by atoms with Crippen LogP contribution in [-0.4, -0.2) is 57.1 Å². The molecule has 0 aromatic heterocycles. The van der Waals surface area contributed by atoms with Crippen molar-refractivity contribution >= 4 is 17.6 Å². The van der Waals surface area contributed by atoms with E-state index in [1.807, 2.05) is 13.8 Å². The molecule has 0 aliphatic carbocycles. The number of amides is 2. The predicted molar refractivity (Wildman–Crippen MR) is 110 cm³/mol. The average molecular weight is 401 g/mol. The highest BCUT2D eigenvalue weighted by Crippen LogP contribution is 2.07. The van der Waals surface area contributed by atoms with Crippen molar-refractivity contribution in [3.05, 3.63) is 0 Å². The summed E-state index contributed by atoms with van der Waals surface area (Å²) in [5.41, 5.74) is 0. The van der Waals surface area contributed by atoms with Gasteiger partial charge in [-0.05, 0) is 18.8 Å². The highest BCUT2D eigenvalue weighted by Gasteiger charge is 2.07. The third-order valence-electron chi connectivity index (χ3n) is 4.18. The summed E-state index contributed by atoms with van der Waals surface area (Å²) in [5, 5.41) is 5.55. The first-order valence-corrected chi connectivity index (χ1v) is 10.5. The van der Waals surface area contributed by atoms with Crippen LogP contribution in [0.1, 0.15) is 66.2 Å². The molecule has 0 saturated carbocycles. The fraction of sp³-hybridized carbons (Fsp3) is 0.857. The van der Waals surface area contributed by atoms with Crippen molar-refractivity contribution in [3.63, 3.8) is 0 Å². The van der Waals surface area contributed by atoms with Crippen molar-refractivity contribution in [2.75, 3.05) is 39.5 Å². The zero-order chi connectivity index (χ0) is 21.2. The Balaban J connectivity index is 3.37. The van der Waals surface area contributed by atoms with Crippen LogP contribution in [0.4, 0.5) is 0 Å². The molecule has 28 heavy (non-hydrogen) atoms. The quantitative estimate of drug-likeness (QED) is 0.345. The van der Waals surface area contributed by atoms with Crippen LogP contribution < -0.4 is 10.6 Å². The summed E-state index contributed by atoms with van der Waals surface area (Å²) in [6.45, 7) is 10.2. The monoisotopic (exact) mass is 400 g/mol. The van der Waals surface area contributed by atoms with Gasteiger partial charge in [-0.3, -0.25) is 14.4 Å². The van der Waals surface area contributed by atoms with E-state index in [1.54, 1.807) is 0 Å². The average Bonchev–Trinajstić information content (AvgIpc) is 2.64. The maximum Gasteiger partial charge on any atom is 0.245 e. The number of nitrogens with one attached hydrogen (secondary N) is 2. The Kier molecular flexibility index (Phi) is 16.7. The standard InChI is InChI=1S/C21H40N2O5/c1-17(2)8-5-6-10-20(25)23-12-13-27-14-15-28-16-21(26)22-11-7-9-19(24)18(3)4/h17-18H,5-16H2,1-4H3,(H,22,26)(H,23,25). The zero-order valence-electron chi connectivity index (χ0n) is 18.2. The Hall–Kier alpha value is -1.47. The first kappa shape index (κ1) is 26.5. The van der Waals surface area contributed by atoms with Crippen molar-refractivity contribution in [2.45, 2.75) is 66.2 Å². The SMILES string of the molecule is CC(C)CCCCC(=O)NCCOCCOCC(=O)NCCCC(=O)C(C)C. The van der Waals surface area contributed by atoms with E-state index in [0.29, 0.717) is 58.1 Å². The van der Waals surface area contributed by atoms with Crippen LogP contribution in [0, 0.1) is 11.8 Å². The molecule has 0 aliphatic heterocycles. The number of unbranched alkanes of at least 4 members (excludes halogenated alkanes) is 1. The van der Waals surface area contributed by atoms with E-state index in [-0.39, 0.29) is 30.1 Å². The van der Waals surface area contributed by atoms with E-state index in [2.05, 4.69) is 24.5 Å². The molecule has 164 valence electrons. The predicted octanol–water partition coefficient (Wildman–Crippen LogP) is 2.47. The fourth-order valence-corrected chi connectivity index (χ4v) is 2.40. The van der Waals surface area contributed by atoms with Crippen LogP contribution in [0.15, 0.2) is 0 Å². The largest absolute Gasteiger partial charge is 0.377 e. The lowest BCUT2D eigenvalue weighted by molar-refractivity contribution is -0.127. The third-order valence-corrected chi connectivity index (χ3v) is 4.18. The molecule has 0 bridgehead atoms. The van der Waals surface area contributed by atoms with Gasteiger partial charge in [0.05, 0.1) is 19.8 Å². The number of carbonyl (C=O) groups is 3. The summed E-state index contributed by atoms with van der Waals surface area (Å²) in [5.74, 6) is 0.814. The van der Waals surface area contributed by atoms with Gasteiger partial charge in [0.15, 0.2) is 0 Å². The summed E-state index contributed by atoms with van der Waals surface area (Å²) in [6, 6.07) is 0. The number of carbonyl (C=O) groups excluding carboxylic acids is 3. The number of Topliss-reactive ketones (excluding diaryl/α,β-unsaturated/α-hetero) is 1. The normalized spacial score (nSPS) is 11.1. The molecule has 7 heteroatoms. The lowest BCUT2D eigenvalue weighted by atomic mass is 10.1. The Morgan fingerprint density at radius 1 is 0.750 bits per heavy atom. The molecular weight excluding hydrogens is 360 g/mol. The molecule has 0 rings (SSSR count). The van der Waals surface area contributed by atoms with Gasteiger partial charge >= 0.3 is 0 Å². The lowest BCUT2D eigenvalue weighted by Crippen LogP contribution is -2.30. The molecule has 0 unspecified atom stereocenters. The minimum absolute atomic E-state index is 0.0192. The van der Waals surface area contributed by atoms with Crippen molar-refractivity contribution in [1.29, 1.82) is 0 Å². The molecule has 0 aliphatic rings. The summed E-state index contributed by atoms with van der Waals surface area (Å²) < 4.78 is 10.6. The molecule has 0 fully saturated rings. The lowest BCUT2D eigenvalue weighted by Gasteiger charge is -2.08. The number of hydrogen-bond donors (Lipinski definition) is 2. The second-order valence-corrected chi connectivity index (χ2v) is 7.73. The van der Waals surface area contributed by atoms with Crippen LogP contribution in [0.2, 0.25) is 0 Å². The van der Waals surface area contributed by atoms with E-state index < -0.39 is 0 Å². The minimum atomic E-state index is -0.193. The smallest absolute Gasteiger partial charge is 0.245 e. The molecule has 0 aromatic carbocycles. The van der Waals surface area contributed by atoms with Gasteiger partial charge in [-0.2, -0.15) is 0 Å². The Bertz CT molecular complexity index is 439. The van der Waals surface area contributed by atoms with Gasteiger partial charge in [-0.1, -0.05) is 40.5 Å². The van der Waals surface area contributed by atoms with Crippen LogP contribution >= 0.6 is 0 Å². The molecule has 0 heterocycles. The molecule has 7 nitrogen and oxygen atoms in total. The Labute approximate surface area is 170 Å². The van der Waals surface area contributed by atoms with E-state index >= 15 is 0 Å². The zero-order valence-corrected chi connectivity index (χ0v) is 18.2. The fourth-order valence-electron chi connectivity index (χ4n) is 2.40. The maximum atomic E-state index is 11.6. The highest BCUT2D eigenvalue weighted by atomic mass is 16.5. The molecule has 2 amide bonds. The maximum absolute atomic E-state index is 11.6. The first-order chi connectivity index (χ1) is 13.3. The number of rotatable bonds is 18. The molecule has 2 N–H and O–H groups in total. The topological polar surface area (TPSA) is 93.7 Å². The Morgan fingerprint density at radius 3 is 2.11 bits per heavy atom. The number of hydrogen-bond acceptors (Lipinski definition) is 5. The van der Waals surface area contributed by atoms with Crippen molar-refractivity contribution in [2.24, 2.45) is 11.8 Å². The molecule has 0 saturated heterocycles. The van der Waals surface area contributed by atoms with Gasteiger partial charge in [0.25, 0.3) is 0 Å². The molecule has 0 radical (unpaired) electrons. The summed E-state index contributed by atoms with van der Waals surface area (Å²) in [6.07, 6.45) is 4.87. The number of ether oxygens (including phenoxy) is 2. The van der Waals surface area contributed by atoms with Gasteiger partial charge in [0, 0.05) is 31.8 Å².